The first-order valence-corrected chi connectivity index (χ1v) is 9.03. The molecule has 0 radical (unpaired) electrons. The Morgan fingerprint density at radius 2 is 2.00 bits per heavy atom. The molecule has 0 saturated carbocycles. The Balaban J connectivity index is 2.29. The Labute approximate surface area is 143 Å². The molecule has 23 heavy (non-hydrogen) atoms. The molecule has 1 heterocycles. The van der Waals surface area contributed by atoms with Gasteiger partial charge in [0.15, 0.2) is 0 Å². The van der Waals surface area contributed by atoms with E-state index in [2.05, 4.69) is 21.2 Å². The molecule has 2 rings (SSSR count). The minimum Gasteiger partial charge on any atom is -0.467 e. The van der Waals surface area contributed by atoms with Crippen LogP contribution in [0.5, 0.6) is 0 Å². The van der Waals surface area contributed by atoms with Crippen molar-refractivity contribution in [2.45, 2.75) is 17.9 Å². The van der Waals surface area contributed by atoms with Gasteiger partial charge < -0.3 is 9.73 Å². The second-order valence-corrected chi connectivity index (χ2v) is 8.12. The molecule has 0 aliphatic rings. The van der Waals surface area contributed by atoms with Crippen molar-refractivity contribution in [1.29, 1.82) is 0 Å². The van der Waals surface area contributed by atoms with Crippen LogP contribution in [0.2, 0.25) is 0 Å². The van der Waals surface area contributed by atoms with Crippen molar-refractivity contribution >= 4 is 31.9 Å². The van der Waals surface area contributed by atoms with Gasteiger partial charge in [-0.05, 0) is 53.2 Å². The van der Waals surface area contributed by atoms with Crippen molar-refractivity contribution in [3.05, 3.63) is 52.4 Å². The van der Waals surface area contributed by atoms with Gasteiger partial charge >= 0.3 is 0 Å². The maximum absolute atomic E-state index is 12.3. The molecule has 1 amide bonds. The number of carbonyl (C=O) groups is 1. The Morgan fingerprint density at radius 3 is 2.57 bits per heavy atom. The lowest BCUT2D eigenvalue weighted by Gasteiger charge is -2.15. The van der Waals surface area contributed by atoms with Gasteiger partial charge in [0.05, 0.1) is 17.2 Å². The van der Waals surface area contributed by atoms with E-state index in [1.54, 1.807) is 31.2 Å². The van der Waals surface area contributed by atoms with Crippen LogP contribution in [0.4, 0.5) is 0 Å². The number of hydrogen-bond acceptors (Lipinski definition) is 4. The summed E-state index contributed by atoms with van der Waals surface area (Å²) in [7, 11) is -0.771. The summed E-state index contributed by atoms with van der Waals surface area (Å²) < 4.78 is 31.3. The number of amides is 1. The largest absolute Gasteiger partial charge is 0.467 e. The maximum Gasteiger partial charge on any atom is 0.251 e. The zero-order chi connectivity index (χ0) is 17.2. The summed E-state index contributed by atoms with van der Waals surface area (Å²) in [5.74, 6) is 0.244. The first-order valence-electron chi connectivity index (χ1n) is 6.80. The SMILES string of the molecule is C[C@@H](NC(=O)c1ccc(Br)c(S(=O)(=O)N(C)C)c1)c1ccco1. The van der Waals surface area contributed by atoms with Crippen LogP contribution in [0.1, 0.15) is 29.1 Å². The van der Waals surface area contributed by atoms with Crippen LogP contribution in [-0.4, -0.2) is 32.7 Å². The quantitative estimate of drug-likeness (QED) is 0.836. The van der Waals surface area contributed by atoms with E-state index in [9.17, 15) is 13.2 Å². The van der Waals surface area contributed by atoms with E-state index < -0.39 is 10.0 Å². The number of carbonyl (C=O) groups excluding carboxylic acids is 1. The van der Waals surface area contributed by atoms with Crippen LogP contribution >= 0.6 is 15.9 Å². The summed E-state index contributed by atoms with van der Waals surface area (Å²) in [6, 6.07) is 7.62. The van der Waals surface area contributed by atoms with Crippen LogP contribution in [0, 0.1) is 0 Å². The van der Waals surface area contributed by atoms with Gasteiger partial charge in [-0.15, -0.1) is 0 Å². The third-order valence-corrected chi connectivity index (χ3v) is 6.08. The van der Waals surface area contributed by atoms with Crippen molar-refractivity contribution < 1.29 is 17.6 Å². The summed E-state index contributed by atoms with van der Waals surface area (Å²) >= 11 is 3.21. The van der Waals surface area contributed by atoms with E-state index in [4.69, 9.17) is 4.42 Å². The van der Waals surface area contributed by atoms with Gasteiger partial charge in [0.2, 0.25) is 10.0 Å². The van der Waals surface area contributed by atoms with Crippen molar-refractivity contribution in [2.75, 3.05) is 14.1 Å². The zero-order valence-corrected chi connectivity index (χ0v) is 15.3. The molecular weight excluding hydrogens is 384 g/mol. The number of furan rings is 1. The Bertz CT molecular complexity index is 801. The highest BCUT2D eigenvalue weighted by Gasteiger charge is 2.23. The van der Waals surface area contributed by atoms with Gasteiger partial charge in [0.25, 0.3) is 5.91 Å². The molecule has 1 N–H and O–H groups in total. The summed E-state index contributed by atoms with van der Waals surface area (Å²) in [5, 5.41) is 2.77. The van der Waals surface area contributed by atoms with Crippen molar-refractivity contribution in [2.24, 2.45) is 0 Å². The van der Waals surface area contributed by atoms with Gasteiger partial charge in [-0.2, -0.15) is 0 Å². The van der Waals surface area contributed by atoms with Crippen LogP contribution in [0.15, 0.2) is 50.4 Å². The van der Waals surface area contributed by atoms with Gasteiger partial charge in [-0.1, -0.05) is 0 Å². The van der Waals surface area contributed by atoms with Crippen LogP contribution < -0.4 is 5.32 Å². The minimum absolute atomic E-state index is 0.0424. The normalized spacial score (nSPS) is 13.1. The summed E-state index contributed by atoms with van der Waals surface area (Å²) in [5.41, 5.74) is 0.257. The first-order chi connectivity index (χ1) is 10.7. The highest BCUT2D eigenvalue weighted by atomic mass is 79.9. The molecule has 2 aromatic rings. The molecule has 0 fully saturated rings. The Morgan fingerprint density at radius 1 is 1.30 bits per heavy atom. The summed E-state index contributed by atoms with van der Waals surface area (Å²) in [6.07, 6.45) is 1.53. The second kappa shape index (κ2) is 6.86. The lowest BCUT2D eigenvalue weighted by molar-refractivity contribution is 0.0935. The van der Waals surface area contributed by atoms with Crippen molar-refractivity contribution in [3.63, 3.8) is 0 Å². The molecule has 124 valence electrons. The molecule has 0 aliphatic carbocycles. The fourth-order valence-corrected chi connectivity index (χ4v) is 3.77. The average Bonchev–Trinajstić information content (AvgIpc) is 3.01. The molecule has 0 unspecified atom stereocenters. The molecule has 1 aromatic heterocycles. The van der Waals surface area contributed by atoms with E-state index >= 15 is 0 Å². The average molecular weight is 401 g/mol. The van der Waals surface area contributed by atoms with Gasteiger partial charge in [-0.25, -0.2) is 12.7 Å². The number of hydrogen-bond donors (Lipinski definition) is 1. The van der Waals surface area contributed by atoms with Gasteiger partial charge in [0.1, 0.15) is 5.76 Å². The lowest BCUT2D eigenvalue weighted by Crippen LogP contribution is -2.27. The molecule has 0 bridgehead atoms. The minimum atomic E-state index is -3.65. The fraction of sp³-hybridized carbons (Fsp3) is 0.267. The maximum atomic E-state index is 12.3. The smallest absolute Gasteiger partial charge is 0.251 e. The van der Waals surface area contributed by atoms with E-state index in [1.165, 1.54) is 26.4 Å². The number of nitrogens with zero attached hydrogens (tertiary/aromatic N) is 1. The second-order valence-electron chi connectivity index (χ2n) is 5.14. The topological polar surface area (TPSA) is 79.6 Å². The fourth-order valence-electron chi connectivity index (χ4n) is 1.93. The molecule has 1 atom stereocenters. The number of rotatable bonds is 5. The number of benzene rings is 1. The highest BCUT2D eigenvalue weighted by molar-refractivity contribution is 9.10. The third kappa shape index (κ3) is 3.82. The Hall–Kier alpha value is -1.64. The molecule has 1 aromatic carbocycles. The van der Waals surface area contributed by atoms with E-state index in [1.807, 2.05) is 0 Å². The molecule has 6 nitrogen and oxygen atoms in total. The predicted octanol–water partition coefficient (Wildman–Crippen LogP) is 2.78. The lowest BCUT2D eigenvalue weighted by atomic mass is 10.2. The third-order valence-electron chi connectivity index (χ3n) is 3.27. The van der Waals surface area contributed by atoms with Crippen LogP contribution in [0.3, 0.4) is 0 Å². The van der Waals surface area contributed by atoms with Gasteiger partial charge in [-0.3, -0.25) is 4.79 Å². The highest BCUT2D eigenvalue weighted by Crippen LogP contribution is 2.25. The molecule has 0 spiro atoms. The van der Waals surface area contributed by atoms with E-state index in [-0.39, 0.29) is 22.4 Å². The molecule has 8 heteroatoms. The molecular formula is C15H17BrN2O4S. The zero-order valence-electron chi connectivity index (χ0n) is 12.9. The van der Waals surface area contributed by atoms with Crippen molar-refractivity contribution in [1.82, 2.24) is 9.62 Å². The summed E-state index contributed by atoms with van der Waals surface area (Å²) in [6.45, 7) is 1.78. The van der Waals surface area contributed by atoms with E-state index in [0.717, 1.165) is 4.31 Å². The van der Waals surface area contributed by atoms with E-state index in [0.29, 0.717) is 10.2 Å². The number of sulfonamides is 1. The van der Waals surface area contributed by atoms with Gasteiger partial charge in [0, 0.05) is 24.1 Å². The molecule has 0 aliphatic heterocycles. The molecule has 0 saturated heterocycles. The number of halogens is 1. The Kier molecular flexibility index (Phi) is 5.28. The first kappa shape index (κ1) is 17.7. The predicted molar refractivity (Wildman–Crippen MR) is 89.6 cm³/mol. The van der Waals surface area contributed by atoms with Crippen molar-refractivity contribution in [3.8, 4) is 0 Å². The standard InChI is InChI=1S/C15H17BrN2O4S/c1-10(13-5-4-8-22-13)17-15(19)11-6-7-12(16)14(9-11)23(20,21)18(2)3/h4-10H,1-3H3,(H,17,19)/t10-/m1/s1. The summed E-state index contributed by atoms with van der Waals surface area (Å²) in [4.78, 5) is 12.4. The monoisotopic (exact) mass is 400 g/mol. The van der Waals surface area contributed by atoms with Crippen LogP contribution in [-0.2, 0) is 10.0 Å². The van der Waals surface area contributed by atoms with Crippen LogP contribution in [0.25, 0.3) is 0 Å². The number of nitrogens with one attached hydrogen (secondary N) is 1.